The molecule has 0 spiro atoms. The first-order chi connectivity index (χ1) is 7.26. The van der Waals surface area contributed by atoms with Crippen molar-refractivity contribution in [2.45, 2.75) is 32.6 Å². The average Bonchev–Trinajstić information content (AvgIpc) is 2.26. The van der Waals surface area contributed by atoms with Gasteiger partial charge in [-0.3, -0.25) is 4.79 Å². The fourth-order valence-corrected chi connectivity index (χ4v) is 1.23. The topological polar surface area (TPSA) is 53.3 Å². The van der Waals surface area contributed by atoms with E-state index >= 15 is 0 Å². The quantitative estimate of drug-likeness (QED) is 0.613. The van der Waals surface area contributed by atoms with Gasteiger partial charge in [0.15, 0.2) is 0 Å². The second kappa shape index (κ2) is 9.47. The first-order valence-corrected chi connectivity index (χ1v) is 5.39. The molecule has 0 radical (unpaired) electrons. The van der Waals surface area contributed by atoms with Gasteiger partial charge in [-0.2, -0.15) is 5.26 Å². The Hall–Kier alpha value is -1.08. The molecule has 0 saturated carbocycles. The van der Waals surface area contributed by atoms with Gasteiger partial charge in [-0.15, -0.1) is 0 Å². The highest BCUT2D eigenvalue weighted by molar-refractivity contribution is 5.76. The Labute approximate surface area is 91.8 Å². The van der Waals surface area contributed by atoms with Crippen molar-refractivity contribution < 1.29 is 9.53 Å². The van der Waals surface area contributed by atoms with E-state index in [-0.39, 0.29) is 5.91 Å². The van der Waals surface area contributed by atoms with Crippen LogP contribution in [0.25, 0.3) is 0 Å². The molecule has 0 aromatic rings. The molecule has 0 fully saturated rings. The molecule has 15 heavy (non-hydrogen) atoms. The van der Waals surface area contributed by atoms with Crippen LogP contribution in [-0.2, 0) is 9.53 Å². The number of hydrogen-bond acceptors (Lipinski definition) is 3. The van der Waals surface area contributed by atoms with Gasteiger partial charge in [-0.1, -0.05) is 13.3 Å². The standard InChI is InChI=1S/C11H20N2O2/c1-3-4-6-11(14)13(8-5-7-12)9-10-15-2/h3-6,8-10H2,1-2H3. The summed E-state index contributed by atoms with van der Waals surface area (Å²) in [5, 5.41) is 8.48. The third-order valence-corrected chi connectivity index (χ3v) is 2.16. The Morgan fingerprint density at radius 1 is 1.47 bits per heavy atom. The minimum Gasteiger partial charge on any atom is -0.383 e. The van der Waals surface area contributed by atoms with Crippen LogP contribution in [0.1, 0.15) is 32.6 Å². The van der Waals surface area contributed by atoms with Crippen molar-refractivity contribution in [3.8, 4) is 6.07 Å². The van der Waals surface area contributed by atoms with Gasteiger partial charge in [0.05, 0.1) is 19.1 Å². The van der Waals surface area contributed by atoms with Crippen molar-refractivity contribution in [1.29, 1.82) is 5.26 Å². The molecule has 0 N–H and O–H groups in total. The zero-order valence-corrected chi connectivity index (χ0v) is 9.66. The van der Waals surface area contributed by atoms with E-state index in [0.29, 0.717) is 32.5 Å². The Kier molecular flexibility index (Phi) is 8.79. The van der Waals surface area contributed by atoms with Crippen LogP contribution in [0.15, 0.2) is 0 Å². The van der Waals surface area contributed by atoms with Crippen molar-refractivity contribution >= 4 is 5.91 Å². The zero-order valence-electron chi connectivity index (χ0n) is 9.66. The van der Waals surface area contributed by atoms with E-state index < -0.39 is 0 Å². The summed E-state index contributed by atoms with van der Waals surface area (Å²) in [4.78, 5) is 13.4. The summed E-state index contributed by atoms with van der Waals surface area (Å²) < 4.78 is 4.93. The van der Waals surface area contributed by atoms with Crippen LogP contribution in [0.2, 0.25) is 0 Å². The fourth-order valence-electron chi connectivity index (χ4n) is 1.23. The number of methoxy groups -OCH3 is 1. The highest BCUT2D eigenvalue weighted by Gasteiger charge is 2.11. The number of nitriles is 1. The molecule has 0 bridgehead atoms. The zero-order chi connectivity index (χ0) is 11.5. The van der Waals surface area contributed by atoms with Crippen LogP contribution in [0.3, 0.4) is 0 Å². The Balaban J connectivity index is 3.97. The van der Waals surface area contributed by atoms with E-state index in [0.717, 1.165) is 12.8 Å². The SMILES string of the molecule is CCCCC(=O)N(CCC#N)CCOC. The van der Waals surface area contributed by atoms with Crippen molar-refractivity contribution in [1.82, 2.24) is 4.90 Å². The van der Waals surface area contributed by atoms with Gasteiger partial charge in [0, 0.05) is 26.6 Å². The largest absolute Gasteiger partial charge is 0.383 e. The third kappa shape index (κ3) is 6.92. The van der Waals surface area contributed by atoms with E-state index in [9.17, 15) is 4.79 Å². The molecule has 0 saturated heterocycles. The first kappa shape index (κ1) is 13.9. The highest BCUT2D eigenvalue weighted by Crippen LogP contribution is 2.01. The fraction of sp³-hybridized carbons (Fsp3) is 0.818. The minimum atomic E-state index is 0.129. The molecule has 0 aliphatic rings. The van der Waals surface area contributed by atoms with Gasteiger partial charge in [-0.05, 0) is 6.42 Å². The average molecular weight is 212 g/mol. The summed E-state index contributed by atoms with van der Waals surface area (Å²) in [6.45, 7) is 3.69. The molecule has 0 aliphatic carbocycles. The van der Waals surface area contributed by atoms with Crippen LogP contribution in [-0.4, -0.2) is 37.6 Å². The van der Waals surface area contributed by atoms with Gasteiger partial charge in [0.1, 0.15) is 0 Å². The lowest BCUT2D eigenvalue weighted by molar-refractivity contribution is -0.131. The summed E-state index contributed by atoms with van der Waals surface area (Å²) in [6.07, 6.45) is 2.89. The monoisotopic (exact) mass is 212 g/mol. The molecule has 0 aromatic carbocycles. The predicted octanol–water partition coefficient (Wildman–Crippen LogP) is 1.57. The Morgan fingerprint density at radius 3 is 2.73 bits per heavy atom. The van der Waals surface area contributed by atoms with Gasteiger partial charge in [0.2, 0.25) is 5.91 Å². The van der Waals surface area contributed by atoms with Gasteiger partial charge in [-0.25, -0.2) is 0 Å². The van der Waals surface area contributed by atoms with Gasteiger partial charge in [0.25, 0.3) is 0 Å². The maximum absolute atomic E-state index is 11.7. The van der Waals surface area contributed by atoms with Gasteiger partial charge >= 0.3 is 0 Å². The molecule has 0 atom stereocenters. The minimum absolute atomic E-state index is 0.129. The number of carbonyl (C=O) groups is 1. The van der Waals surface area contributed by atoms with Crippen LogP contribution < -0.4 is 0 Å². The molecule has 0 aliphatic heterocycles. The summed E-state index contributed by atoms with van der Waals surface area (Å²) in [5.41, 5.74) is 0. The number of ether oxygens (including phenoxy) is 1. The lowest BCUT2D eigenvalue weighted by Gasteiger charge is -2.21. The number of carbonyl (C=O) groups excluding carboxylic acids is 1. The summed E-state index contributed by atoms with van der Waals surface area (Å²) in [7, 11) is 1.61. The summed E-state index contributed by atoms with van der Waals surface area (Å²) in [5.74, 6) is 0.129. The maximum atomic E-state index is 11.7. The molecule has 0 rings (SSSR count). The number of rotatable bonds is 8. The van der Waals surface area contributed by atoms with Crippen LogP contribution in [0.4, 0.5) is 0 Å². The summed E-state index contributed by atoms with van der Waals surface area (Å²) >= 11 is 0. The summed E-state index contributed by atoms with van der Waals surface area (Å²) in [6, 6.07) is 2.05. The Bertz CT molecular complexity index is 211. The normalized spacial score (nSPS) is 9.67. The third-order valence-electron chi connectivity index (χ3n) is 2.16. The smallest absolute Gasteiger partial charge is 0.222 e. The molecular formula is C11H20N2O2. The second-order valence-corrected chi connectivity index (χ2v) is 3.39. The number of nitrogens with zero attached hydrogens (tertiary/aromatic N) is 2. The van der Waals surface area contributed by atoms with Crippen molar-refractivity contribution in [3.05, 3.63) is 0 Å². The molecule has 86 valence electrons. The molecule has 4 nitrogen and oxygen atoms in total. The van der Waals surface area contributed by atoms with E-state index in [2.05, 4.69) is 13.0 Å². The van der Waals surface area contributed by atoms with Crippen molar-refractivity contribution in [3.63, 3.8) is 0 Å². The lowest BCUT2D eigenvalue weighted by Crippen LogP contribution is -2.34. The highest BCUT2D eigenvalue weighted by atomic mass is 16.5. The van der Waals surface area contributed by atoms with E-state index in [1.54, 1.807) is 12.0 Å². The molecular weight excluding hydrogens is 192 g/mol. The van der Waals surface area contributed by atoms with Crippen LogP contribution >= 0.6 is 0 Å². The molecule has 0 heterocycles. The number of unbranched alkanes of at least 4 members (excludes halogenated alkanes) is 1. The number of amides is 1. The van der Waals surface area contributed by atoms with Crippen molar-refractivity contribution in [2.75, 3.05) is 26.8 Å². The van der Waals surface area contributed by atoms with E-state index in [1.165, 1.54) is 0 Å². The number of hydrogen-bond donors (Lipinski definition) is 0. The first-order valence-electron chi connectivity index (χ1n) is 5.39. The molecule has 1 amide bonds. The molecule has 0 aromatic heterocycles. The predicted molar refractivity (Wildman–Crippen MR) is 58.2 cm³/mol. The van der Waals surface area contributed by atoms with E-state index in [4.69, 9.17) is 10.00 Å². The van der Waals surface area contributed by atoms with Crippen LogP contribution in [0.5, 0.6) is 0 Å². The maximum Gasteiger partial charge on any atom is 0.222 e. The lowest BCUT2D eigenvalue weighted by atomic mass is 10.2. The molecule has 0 unspecified atom stereocenters. The van der Waals surface area contributed by atoms with Gasteiger partial charge < -0.3 is 9.64 Å². The second-order valence-electron chi connectivity index (χ2n) is 3.39. The Morgan fingerprint density at radius 2 is 2.20 bits per heavy atom. The molecule has 4 heteroatoms. The van der Waals surface area contributed by atoms with Crippen LogP contribution in [0, 0.1) is 11.3 Å². The van der Waals surface area contributed by atoms with E-state index in [1.807, 2.05) is 0 Å². The van der Waals surface area contributed by atoms with Crippen molar-refractivity contribution in [2.24, 2.45) is 0 Å².